The van der Waals surface area contributed by atoms with E-state index in [0.717, 1.165) is 64.6 Å². The molecule has 9 nitrogen and oxygen atoms in total. The molecule has 0 radical (unpaired) electrons. The van der Waals surface area contributed by atoms with Crippen LogP contribution >= 0.6 is 31.9 Å². The normalized spacial score (nSPS) is 14.0. The minimum absolute atomic E-state index is 0. The molecule has 0 aromatic heterocycles. The minimum atomic E-state index is -0.101. The van der Waals surface area contributed by atoms with Crippen molar-refractivity contribution in [3.63, 3.8) is 0 Å². The Bertz CT molecular complexity index is 4810. The molecule has 4 N–H and O–H groups in total. The molecule has 12 heteroatoms. The van der Waals surface area contributed by atoms with Crippen molar-refractivity contribution in [2.75, 3.05) is 21.3 Å². The molecule has 524 valence electrons. The van der Waals surface area contributed by atoms with Crippen LogP contribution in [-0.2, 0) is 38.7 Å². The predicted molar refractivity (Wildman–Crippen MR) is 434 cm³/mol. The zero-order valence-corrected chi connectivity index (χ0v) is 64.9. The van der Waals surface area contributed by atoms with Crippen LogP contribution in [0.4, 0.5) is 51.2 Å². The van der Waals surface area contributed by atoms with Crippen LogP contribution in [0.3, 0.4) is 0 Å². The van der Waals surface area contributed by atoms with Gasteiger partial charge in [-0.15, -0.1) is 0 Å². The molecule has 0 fully saturated rings. The maximum Gasteiger partial charge on any atom is 1.00 e. The number of halogens is 2. The summed E-state index contributed by atoms with van der Waals surface area (Å²) in [6.07, 6.45) is 0. The number of carbonyl (C=O) groups excluding carboxylic acids is 2. The van der Waals surface area contributed by atoms with Gasteiger partial charge >= 0.3 is 17.1 Å². The first-order chi connectivity index (χ1) is 49.8. The van der Waals surface area contributed by atoms with Gasteiger partial charge in [-0.3, -0.25) is 9.59 Å². The number of rotatable bonds is 0. The molecular formula is C93H80Br2CuN7O2. The Balaban J connectivity index is 0.000000125. The predicted octanol–water partition coefficient (Wildman–Crippen LogP) is 25.3. The summed E-state index contributed by atoms with van der Waals surface area (Å²) in [5.74, 6) is 0.0119. The monoisotopic (exact) mass is 1550 g/mol. The zero-order valence-electron chi connectivity index (χ0n) is 60.8. The van der Waals surface area contributed by atoms with Gasteiger partial charge in [-0.1, -0.05) is 239 Å². The van der Waals surface area contributed by atoms with Gasteiger partial charge in [-0.25, -0.2) is 4.85 Å². The van der Waals surface area contributed by atoms with Crippen molar-refractivity contribution < 1.29 is 26.7 Å². The fourth-order valence-corrected chi connectivity index (χ4v) is 15.9. The molecule has 2 aliphatic carbocycles. The molecule has 105 heavy (non-hydrogen) atoms. The summed E-state index contributed by atoms with van der Waals surface area (Å²) in [4.78, 5) is 28.2. The number of carbonyl (C=O) groups is 2. The second-order valence-electron chi connectivity index (χ2n) is 28.9. The fraction of sp³-hybridized carbons (Fsp3) is 0.172. The zero-order chi connectivity index (χ0) is 74.2. The molecule has 6 aliphatic rings. The summed E-state index contributed by atoms with van der Waals surface area (Å²) < 4.78 is 1.97. The van der Waals surface area contributed by atoms with Gasteiger partial charge in [-0.2, -0.15) is 5.26 Å². The van der Waals surface area contributed by atoms with Gasteiger partial charge in [0.05, 0.1) is 18.2 Å². The first-order valence-corrected chi connectivity index (χ1v) is 36.3. The average Bonchev–Trinajstić information content (AvgIpc) is 1.68. The van der Waals surface area contributed by atoms with Crippen LogP contribution in [0, 0.1) is 57.4 Å². The molecule has 12 aromatic carbocycles. The summed E-state index contributed by atoms with van der Waals surface area (Å²) >= 11 is 6.98. The number of hydrogen-bond donors (Lipinski definition) is 4. The van der Waals surface area contributed by atoms with Crippen LogP contribution in [0.2, 0.25) is 0 Å². The van der Waals surface area contributed by atoms with Crippen LogP contribution in [-0.4, -0.2) is 11.6 Å². The van der Waals surface area contributed by atoms with E-state index in [-0.39, 0.29) is 50.3 Å². The largest absolute Gasteiger partial charge is 1.00 e. The molecule has 12 aromatic rings. The van der Waals surface area contributed by atoms with Gasteiger partial charge in [0.1, 0.15) is 0 Å². The Kier molecular flexibility index (Phi) is 21.8. The average molecular weight is 1550 g/mol. The van der Waals surface area contributed by atoms with Crippen LogP contribution in [0.25, 0.3) is 27.1 Å². The number of para-hydroxylation sites is 8. The summed E-state index contributed by atoms with van der Waals surface area (Å²) in [5.41, 5.74) is 32.7. The standard InChI is InChI=1S/C17H10N2O.C15H10Br2O.4C15H15N.CN.Cu/c1-9-4-12-13-5-10(2)16(19-3)7-15(13)17(20)14(12)6-11(9)8-18;1-7-3-9-10-4-8(2)14(17)6-12(10)15(18)11(9)5-13(7)16;4*1-15(2)11-7-3-5-9-13(11)16-14-10-6-4-8-12(14)15;1-2;/h4-7H,1-2H3;3-6H,1-2H3;4*3-10,16H,1-2H3;;/q;;;;;;-1;+1. The molecule has 0 spiro atoms. The van der Waals surface area contributed by atoms with Crippen LogP contribution in [0.1, 0.15) is 160 Å². The van der Waals surface area contributed by atoms with Gasteiger partial charge in [0.15, 0.2) is 17.3 Å². The van der Waals surface area contributed by atoms with Crippen LogP contribution < -0.4 is 21.3 Å². The second-order valence-corrected chi connectivity index (χ2v) is 30.6. The van der Waals surface area contributed by atoms with Crippen molar-refractivity contribution >= 4 is 94.6 Å². The van der Waals surface area contributed by atoms with E-state index < -0.39 is 0 Å². The number of fused-ring (bicyclic) bond motifs is 14. The molecule has 18 rings (SSSR count). The van der Waals surface area contributed by atoms with E-state index in [1.807, 2.05) is 52.0 Å². The molecule has 0 bridgehead atoms. The second kappa shape index (κ2) is 30.4. The minimum Gasteiger partial charge on any atom is -0.512 e. The first-order valence-electron chi connectivity index (χ1n) is 34.7. The van der Waals surface area contributed by atoms with Gasteiger partial charge < -0.3 is 33.1 Å². The van der Waals surface area contributed by atoms with E-state index in [0.29, 0.717) is 22.4 Å². The smallest absolute Gasteiger partial charge is 0.512 e. The van der Waals surface area contributed by atoms with Crippen molar-refractivity contribution in [2.45, 2.75) is 105 Å². The molecule has 0 unspecified atom stereocenters. The van der Waals surface area contributed by atoms with E-state index in [2.05, 4.69) is 326 Å². The molecule has 0 saturated heterocycles. The third-order valence-corrected chi connectivity index (χ3v) is 22.7. The van der Waals surface area contributed by atoms with Crippen LogP contribution in [0.5, 0.6) is 0 Å². The van der Waals surface area contributed by atoms with E-state index >= 15 is 0 Å². The molecule has 0 saturated carbocycles. The molecule has 0 amide bonds. The van der Waals surface area contributed by atoms with Crippen molar-refractivity contribution in [3.8, 4) is 28.3 Å². The first kappa shape index (κ1) is 75.3. The van der Waals surface area contributed by atoms with Gasteiger partial charge in [0.25, 0.3) is 0 Å². The van der Waals surface area contributed by atoms with E-state index in [9.17, 15) is 9.59 Å². The van der Waals surface area contributed by atoms with Gasteiger partial charge in [-0.05, 0) is 208 Å². The van der Waals surface area contributed by atoms with Crippen molar-refractivity contribution in [1.29, 1.82) is 10.5 Å². The topological polar surface area (TPSA) is 134 Å². The summed E-state index contributed by atoms with van der Waals surface area (Å²) in [6, 6.07) is 85.5. The number of nitriles is 1. The van der Waals surface area contributed by atoms with Crippen molar-refractivity contribution in [3.05, 3.63) is 364 Å². The Labute approximate surface area is 645 Å². The van der Waals surface area contributed by atoms with E-state index in [1.165, 1.54) is 90.0 Å². The Morgan fingerprint density at radius 2 is 0.533 bits per heavy atom. The van der Waals surface area contributed by atoms with Gasteiger partial charge in [0, 0.05) is 98.4 Å². The number of benzene rings is 12. The fourth-order valence-electron chi connectivity index (χ4n) is 15.2. The Morgan fingerprint density at radius 1 is 0.324 bits per heavy atom. The van der Waals surface area contributed by atoms with Crippen LogP contribution in [0.15, 0.2) is 252 Å². The molecular weight excluding hydrogens is 1470 g/mol. The summed E-state index contributed by atoms with van der Waals surface area (Å²) in [7, 11) is 0. The molecule has 4 heterocycles. The maximum atomic E-state index is 12.4. The number of ketones is 2. The quantitative estimate of drug-likeness (QED) is 0.0871. The van der Waals surface area contributed by atoms with Crippen molar-refractivity contribution in [1.82, 2.24) is 0 Å². The summed E-state index contributed by atoms with van der Waals surface area (Å²) in [5, 5.41) is 29.3. The Hall–Kier alpha value is -10.9. The van der Waals surface area contributed by atoms with Crippen molar-refractivity contribution in [2.24, 2.45) is 0 Å². The number of anilines is 8. The number of hydrogen-bond acceptors (Lipinski definition) is 8. The third-order valence-electron chi connectivity index (χ3n) is 21.0. The number of aryl methyl sites for hydroxylation is 4. The number of nitrogens with zero attached hydrogens (tertiary/aromatic N) is 3. The maximum absolute atomic E-state index is 12.4. The summed E-state index contributed by atoms with van der Waals surface area (Å²) in [6.45, 7) is 38.0. The Morgan fingerprint density at radius 3 is 0.771 bits per heavy atom. The number of nitrogens with one attached hydrogen (secondary N) is 4. The third kappa shape index (κ3) is 14.2. The molecule has 0 atom stereocenters. The van der Waals surface area contributed by atoms with Gasteiger partial charge in [0.2, 0.25) is 0 Å². The molecule has 4 aliphatic heterocycles. The van der Waals surface area contributed by atoms with E-state index in [4.69, 9.17) is 23.7 Å². The van der Waals surface area contributed by atoms with E-state index in [1.54, 1.807) is 12.1 Å². The SMILES string of the molecule is CC1(C)c2ccccc2Nc2ccccc21.CC1(C)c2ccccc2Nc2ccccc21.CC1(C)c2ccccc2Nc2ccccc21.CC1(C)c2ccccc2Nc2ccccc21.Cc1cc2c(cc1Br)C(=O)c1cc(Br)c(C)cc1-2.[C-]#N.[C-]#[N+]c1cc2c(cc1C)-c1cc(C)c(C#N)cc1C2=O.[Cu+].